The normalized spacial score (nSPS) is 18.2. The first-order valence-electron chi connectivity index (χ1n) is 9.93. The summed E-state index contributed by atoms with van der Waals surface area (Å²) in [4.78, 5) is 9.86. The van der Waals surface area contributed by atoms with Crippen molar-refractivity contribution in [2.75, 3.05) is 45.8 Å². The first-order valence-corrected chi connectivity index (χ1v) is 9.93. The van der Waals surface area contributed by atoms with E-state index in [9.17, 15) is 0 Å². The van der Waals surface area contributed by atoms with Crippen LogP contribution in [0.1, 0.15) is 37.7 Å². The summed E-state index contributed by atoms with van der Waals surface area (Å²) >= 11 is 0. The summed E-state index contributed by atoms with van der Waals surface area (Å²) in [5.74, 6) is 0.884. The lowest BCUT2D eigenvalue weighted by molar-refractivity contribution is 0.107. The molecule has 148 valence electrons. The van der Waals surface area contributed by atoms with Gasteiger partial charge in [0.25, 0.3) is 0 Å². The fourth-order valence-corrected chi connectivity index (χ4v) is 3.44. The number of likely N-dealkylation sites (N-methyl/N-ethyl adjacent to an activating group) is 1. The smallest absolute Gasteiger partial charge is 0.191 e. The van der Waals surface area contributed by atoms with Crippen LogP contribution in [0.5, 0.6) is 0 Å². The predicted molar refractivity (Wildman–Crippen MR) is 109 cm³/mol. The van der Waals surface area contributed by atoms with Crippen molar-refractivity contribution in [2.45, 2.75) is 47.2 Å². The van der Waals surface area contributed by atoms with Crippen molar-refractivity contribution in [3.8, 4) is 0 Å². The minimum atomic E-state index is 0.500. The monoisotopic (exact) mass is 363 g/mol. The first-order chi connectivity index (χ1) is 12.5. The average molecular weight is 364 g/mol. The lowest BCUT2D eigenvalue weighted by atomic mass is 10.2. The van der Waals surface area contributed by atoms with E-state index in [1.54, 1.807) is 0 Å². The maximum Gasteiger partial charge on any atom is 0.191 e. The molecule has 1 aromatic rings. The van der Waals surface area contributed by atoms with Gasteiger partial charge < -0.3 is 15.5 Å². The van der Waals surface area contributed by atoms with Crippen LogP contribution in [0.3, 0.4) is 0 Å². The molecule has 7 heteroatoms. The van der Waals surface area contributed by atoms with Gasteiger partial charge in [-0.25, -0.2) is 4.99 Å². The average Bonchev–Trinajstić information content (AvgIpc) is 2.89. The second-order valence-corrected chi connectivity index (χ2v) is 7.17. The molecule has 1 aliphatic heterocycles. The molecule has 2 rings (SSSR count). The number of aliphatic imine (C=N–C) groups is 1. The van der Waals surface area contributed by atoms with Crippen molar-refractivity contribution in [3.05, 3.63) is 17.0 Å². The zero-order valence-electron chi connectivity index (χ0n) is 17.5. The largest absolute Gasteiger partial charge is 0.357 e. The molecular weight excluding hydrogens is 326 g/mol. The van der Waals surface area contributed by atoms with E-state index in [1.807, 2.05) is 11.7 Å². The fraction of sp³-hybridized carbons (Fsp3) is 0.789. The summed E-state index contributed by atoms with van der Waals surface area (Å²) in [7, 11) is 1.99. The molecule has 0 saturated carbocycles. The van der Waals surface area contributed by atoms with Crippen LogP contribution >= 0.6 is 0 Å². The molecule has 1 atom stereocenters. The highest BCUT2D eigenvalue weighted by Crippen LogP contribution is 2.12. The Hall–Kier alpha value is -1.60. The number of rotatable bonds is 7. The predicted octanol–water partition coefficient (Wildman–Crippen LogP) is 1.12. The Balaban J connectivity index is 1.89. The lowest BCUT2D eigenvalue weighted by Gasteiger charge is -2.37. The maximum atomic E-state index is 4.78. The summed E-state index contributed by atoms with van der Waals surface area (Å²) in [5.41, 5.74) is 3.46. The van der Waals surface area contributed by atoms with Crippen molar-refractivity contribution < 1.29 is 0 Å². The van der Waals surface area contributed by atoms with Crippen molar-refractivity contribution in [2.24, 2.45) is 12.0 Å². The molecule has 0 aliphatic carbocycles. The topological polar surface area (TPSA) is 60.7 Å². The highest BCUT2D eigenvalue weighted by molar-refractivity contribution is 5.79. The van der Waals surface area contributed by atoms with Crippen LogP contribution in [0.15, 0.2) is 4.99 Å². The van der Waals surface area contributed by atoms with Crippen LogP contribution in [0.4, 0.5) is 0 Å². The van der Waals surface area contributed by atoms with Crippen molar-refractivity contribution in [1.82, 2.24) is 30.2 Å². The molecular formula is C19H37N7. The number of piperazine rings is 1. The molecule has 1 fully saturated rings. The Morgan fingerprint density at radius 1 is 1.15 bits per heavy atom. The van der Waals surface area contributed by atoms with Gasteiger partial charge in [-0.1, -0.05) is 6.92 Å². The summed E-state index contributed by atoms with van der Waals surface area (Å²) < 4.78 is 1.93. The molecule has 0 amide bonds. The molecule has 1 saturated heterocycles. The number of guanidine groups is 1. The third kappa shape index (κ3) is 5.45. The molecule has 2 N–H and O–H groups in total. The second-order valence-electron chi connectivity index (χ2n) is 7.17. The zero-order valence-corrected chi connectivity index (χ0v) is 17.5. The molecule has 0 aromatic carbocycles. The van der Waals surface area contributed by atoms with Gasteiger partial charge in [0.15, 0.2) is 5.96 Å². The number of aryl methyl sites for hydroxylation is 2. The van der Waals surface area contributed by atoms with Crippen LogP contribution in [-0.4, -0.2) is 77.4 Å². The van der Waals surface area contributed by atoms with Gasteiger partial charge in [-0.05, 0) is 34.2 Å². The Labute approximate surface area is 158 Å². The van der Waals surface area contributed by atoms with Crippen LogP contribution in [-0.2, 0) is 13.6 Å². The summed E-state index contributed by atoms with van der Waals surface area (Å²) in [5, 5.41) is 11.4. The van der Waals surface area contributed by atoms with Crippen molar-refractivity contribution in [3.63, 3.8) is 0 Å². The number of nitrogens with one attached hydrogen (secondary N) is 2. The third-order valence-corrected chi connectivity index (χ3v) is 5.44. The minimum absolute atomic E-state index is 0.500. The second kappa shape index (κ2) is 9.92. The minimum Gasteiger partial charge on any atom is -0.357 e. The Kier molecular flexibility index (Phi) is 7.90. The molecule has 7 nitrogen and oxygen atoms in total. The van der Waals surface area contributed by atoms with E-state index in [0.29, 0.717) is 12.6 Å². The summed E-state index contributed by atoms with van der Waals surface area (Å²) in [6.45, 7) is 19.0. The SMILES string of the molecule is CCNC(=NCc1c(C)nn(C)c1C)NCC(C)N1CCN(CC)CC1. The number of aromatic nitrogens is 2. The summed E-state index contributed by atoms with van der Waals surface area (Å²) in [6, 6.07) is 0.500. The van der Waals surface area contributed by atoms with Crippen molar-refractivity contribution in [1.29, 1.82) is 0 Å². The van der Waals surface area contributed by atoms with Gasteiger partial charge in [0.05, 0.1) is 12.2 Å². The molecule has 0 radical (unpaired) electrons. The van der Waals surface area contributed by atoms with Gasteiger partial charge in [-0.3, -0.25) is 9.58 Å². The molecule has 26 heavy (non-hydrogen) atoms. The van der Waals surface area contributed by atoms with Crippen LogP contribution in [0.25, 0.3) is 0 Å². The molecule has 0 spiro atoms. The van der Waals surface area contributed by atoms with Crippen LogP contribution < -0.4 is 10.6 Å². The van der Waals surface area contributed by atoms with Gasteiger partial charge >= 0.3 is 0 Å². The Morgan fingerprint density at radius 3 is 2.38 bits per heavy atom. The lowest BCUT2D eigenvalue weighted by Crippen LogP contribution is -2.53. The molecule has 0 bridgehead atoms. The van der Waals surface area contributed by atoms with E-state index in [1.165, 1.54) is 24.3 Å². The van der Waals surface area contributed by atoms with Gasteiger partial charge in [0, 0.05) is 63.6 Å². The molecule has 1 unspecified atom stereocenters. The van der Waals surface area contributed by atoms with E-state index in [-0.39, 0.29) is 0 Å². The number of hydrogen-bond donors (Lipinski definition) is 2. The van der Waals surface area contributed by atoms with Crippen LogP contribution in [0.2, 0.25) is 0 Å². The van der Waals surface area contributed by atoms with Crippen molar-refractivity contribution >= 4 is 5.96 Å². The maximum absolute atomic E-state index is 4.78. The van der Waals surface area contributed by atoms with E-state index in [2.05, 4.69) is 60.2 Å². The molecule has 1 aromatic heterocycles. The van der Waals surface area contributed by atoms with Gasteiger partial charge in [-0.15, -0.1) is 0 Å². The van der Waals surface area contributed by atoms with E-state index in [0.717, 1.165) is 44.4 Å². The summed E-state index contributed by atoms with van der Waals surface area (Å²) in [6.07, 6.45) is 0. The zero-order chi connectivity index (χ0) is 19.1. The van der Waals surface area contributed by atoms with Gasteiger partial charge in [-0.2, -0.15) is 5.10 Å². The molecule has 1 aliphatic rings. The quantitative estimate of drug-likeness (QED) is 0.562. The molecule has 2 heterocycles. The third-order valence-electron chi connectivity index (χ3n) is 5.44. The highest BCUT2D eigenvalue weighted by Gasteiger charge is 2.20. The Bertz CT molecular complexity index is 585. The Morgan fingerprint density at radius 2 is 1.85 bits per heavy atom. The van der Waals surface area contributed by atoms with Gasteiger partial charge in [0.2, 0.25) is 0 Å². The highest BCUT2D eigenvalue weighted by atomic mass is 15.3. The standard InChI is InChI=1S/C19H37N7/c1-7-20-19(22-14-18-16(4)23-24(6)17(18)5)21-13-15(3)26-11-9-25(8-2)10-12-26/h15H,7-14H2,1-6H3,(H2,20,21,22). The number of nitrogens with zero attached hydrogens (tertiary/aromatic N) is 5. The van der Waals surface area contributed by atoms with E-state index in [4.69, 9.17) is 4.99 Å². The number of hydrogen-bond acceptors (Lipinski definition) is 4. The fourth-order valence-electron chi connectivity index (χ4n) is 3.44. The van der Waals surface area contributed by atoms with Gasteiger partial charge in [0.1, 0.15) is 0 Å². The van der Waals surface area contributed by atoms with E-state index < -0.39 is 0 Å². The van der Waals surface area contributed by atoms with E-state index >= 15 is 0 Å². The first kappa shape index (κ1) is 20.7. The van der Waals surface area contributed by atoms with Crippen LogP contribution in [0, 0.1) is 13.8 Å².